The molecule has 2 aromatic rings. The number of aryl methyl sites for hydroxylation is 1. The molecular formula is C8H11N3O. The van der Waals surface area contributed by atoms with Gasteiger partial charge in [0, 0.05) is 13.0 Å². The van der Waals surface area contributed by atoms with Crippen LogP contribution in [0.2, 0.25) is 0 Å². The topological polar surface area (TPSA) is 43.9 Å². The molecule has 2 aromatic heterocycles. The van der Waals surface area contributed by atoms with Gasteiger partial charge < -0.3 is 9.09 Å². The highest BCUT2D eigenvalue weighted by atomic mass is 16.5. The van der Waals surface area contributed by atoms with Crippen molar-refractivity contribution < 1.29 is 4.52 Å². The molecule has 0 saturated carbocycles. The molecule has 0 fully saturated rings. The Hall–Kier alpha value is -1.32. The van der Waals surface area contributed by atoms with Crippen molar-refractivity contribution in [2.24, 2.45) is 7.05 Å². The first kappa shape index (κ1) is 7.34. The lowest BCUT2D eigenvalue weighted by Gasteiger charge is -1.98. The van der Waals surface area contributed by atoms with Gasteiger partial charge in [-0.1, -0.05) is 19.0 Å². The number of imidazole rings is 1. The predicted octanol–water partition coefficient (Wildman–Crippen LogP) is 1.68. The van der Waals surface area contributed by atoms with E-state index >= 15 is 0 Å². The fraction of sp³-hybridized carbons (Fsp3) is 0.500. The minimum atomic E-state index is 0.352. The largest absolute Gasteiger partial charge is 0.357 e. The molecular weight excluding hydrogens is 154 g/mol. The number of aromatic nitrogens is 3. The molecule has 12 heavy (non-hydrogen) atoms. The number of fused-ring (bicyclic) bond motifs is 1. The fourth-order valence-electron chi connectivity index (χ4n) is 1.28. The molecule has 2 heterocycles. The maximum absolute atomic E-state index is 5.16. The van der Waals surface area contributed by atoms with Crippen LogP contribution in [0.1, 0.15) is 25.5 Å². The maximum atomic E-state index is 5.16. The Kier molecular flexibility index (Phi) is 1.43. The van der Waals surface area contributed by atoms with Crippen molar-refractivity contribution in [1.29, 1.82) is 0 Å². The minimum Gasteiger partial charge on any atom is -0.357 e. The number of hydrogen-bond donors (Lipinski definition) is 0. The standard InChI is InChI=1S/C8H11N3O/c1-5(2)7-6-8(10-12-7)9-4-11(6)3/h4-5H,1-3H3. The summed E-state index contributed by atoms with van der Waals surface area (Å²) in [6.45, 7) is 4.15. The van der Waals surface area contributed by atoms with Gasteiger partial charge in [-0.3, -0.25) is 0 Å². The highest BCUT2D eigenvalue weighted by molar-refractivity contribution is 5.73. The van der Waals surface area contributed by atoms with Crippen LogP contribution in [0, 0.1) is 0 Å². The van der Waals surface area contributed by atoms with Crippen molar-refractivity contribution in [1.82, 2.24) is 14.7 Å². The van der Waals surface area contributed by atoms with Gasteiger partial charge in [0.2, 0.25) is 5.65 Å². The molecule has 0 aliphatic carbocycles. The van der Waals surface area contributed by atoms with Crippen LogP contribution in [0.3, 0.4) is 0 Å². The molecule has 0 spiro atoms. The Balaban J connectivity index is 2.75. The highest BCUT2D eigenvalue weighted by Crippen LogP contribution is 2.23. The summed E-state index contributed by atoms with van der Waals surface area (Å²) >= 11 is 0. The fourth-order valence-corrected chi connectivity index (χ4v) is 1.28. The zero-order valence-electron chi connectivity index (χ0n) is 7.40. The second kappa shape index (κ2) is 2.33. The molecule has 0 bridgehead atoms. The first-order valence-electron chi connectivity index (χ1n) is 3.96. The first-order chi connectivity index (χ1) is 5.70. The van der Waals surface area contributed by atoms with Crippen molar-refractivity contribution in [3.8, 4) is 0 Å². The van der Waals surface area contributed by atoms with E-state index < -0.39 is 0 Å². The maximum Gasteiger partial charge on any atom is 0.220 e. The Morgan fingerprint density at radius 1 is 1.50 bits per heavy atom. The summed E-state index contributed by atoms with van der Waals surface area (Å²) < 4.78 is 7.10. The second-order valence-electron chi connectivity index (χ2n) is 3.23. The van der Waals surface area contributed by atoms with E-state index in [0.717, 1.165) is 11.3 Å². The van der Waals surface area contributed by atoms with Gasteiger partial charge in [-0.2, -0.15) is 0 Å². The van der Waals surface area contributed by atoms with Crippen LogP contribution in [0.25, 0.3) is 11.2 Å². The smallest absolute Gasteiger partial charge is 0.220 e. The molecule has 64 valence electrons. The Bertz CT molecular complexity index is 399. The summed E-state index contributed by atoms with van der Waals surface area (Å²) in [6.07, 6.45) is 1.75. The van der Waals surface area contributed by atoms with E-state index in [4.69, 9.17) is 4.52 Å². The van der Waals surface area contributed by atoms with Gasteiger partial charge >= 0.3 is 0 Å². The second-order valence-corrected chi connectivity index (χ2v) is 3.23. The molecule has 0 atom stereocenters. The molecule has 0 saturated heterocycles. The lowest BCUT2D eigenvalue weighted by atomic mass is 10.1. The van der Waals surface area contributed by atoms with E-state index in [9.17, 15) is 0 Å². The van der Waals surface area contributed by atoms with Crippen LogP contribution in [-0.2, 0) is 7.05 Å². The van der Waals surface area contributed by atoms with Crippen LogP contribution in [-0.4, -0.2) is 14.7 Å². The van der Waals surface area contributed by atoms with E-state index in [1.54, 1.807) is 6.33 Å². The van der Waals surface area contributed by atoms with Gasteiger partial charge in [-0.15, -0.1) is 0 Å². The summed E-state index contributed by atoms with van der Waals surface area (Å²) in [5, 5.41) is 3.85. The van der Waals surface area contributed by atoms with Crippen molar-refractivity contribution >= 4 is 11.2 Å². The first-order valence-corrected chi connectivity index (χ1v) is 3.96. The average Bonchev–Trinajstić information content (AvgIpc) is 2.53. The van der Waals surface area contributed by atoms with Crippen LogP contribution >= 0.6 is 0 Å². The van der Waals surface area contributed by atoms with Crippen molar-refractivity contribution in [2.75, 3.05) is 0 Å². The van der Waals surface area contributed by atoms with E-state index in [1.807, 2.05) is 11.6 Å². The molecule has 0 radical (unpaired) electrons. The zero-order chi connectivity index (χ0) is 8.72. The third-order valence-electron chi connectivity index (χ3n) is 1.91. The summed E-state index contributed by atoms with van der Waals surface area (Å²) in [5.74, 6) is 1.26. The molecule has 4 nitrogen and oxygen atoms in total. The SMILES string of the molecule is CC(C)c1onc2ncn(C)c12. The third-order valence-corrected chi connectivity index (χ3v) is 1.91. The van der Waals surface area contributed by atoms with Gasteiger partial charge in [0.1, 0.15) is 5.52 Å². The van der Waals surface area contributed by atoms with E-state index in [-0.39, 0.29) is 0 Å². The summed E-state index contributed by atoms with van der Waals surface area (Å²) in [7, 11) is 1.94. The number of hydrogen-bond acceptors (Lipinski definition) is 3. The van der Waals surface area contributed by atoms with Gasteiger partial charge in [0.05, 0.1) is 6.33 Å². The lowest BCUT2D eigenvalue weighted by Crippen LogP contribution is -1.90. The van der Waals surface area contributed by atoms with Gasteiger partial charge in [0.15, 0.2) is 5.76 Å². The monoisotopic (exact) mass is 165 g/mol. The normalized spacial score (nSPS) is 11.7. The van der Waals surface area contributed by atoms with Crippen molar-refractivity contribution in [2.45, 2.75) is 19.8 Å². The summed E-state index contributed by atoms with van der Waals surface area (Å²) in [5.41, 5.74) is 1.70. The molecule has 0 N–H and O–H groups in total. The summed E-state index contributed by atoms with van der Waals surface area (Å²) in [6, 6.07) is 0. The molecule has 4 heteroatoms. The zero-order valence-corrected chi connectivity index (χ0v) is 7.40. The number of nitrogens with zero attached hydrogens (tertiary/aromatic N) is 3. The Morgan fingerprint density at radius 3 is 2.92 bits per heavy atom. The Morgan fingerprint density at radius 2 is 2.25 bits per heavy atom. The third kappa shape index (κ3) is 0.841. The quantitative estimate of drug-likeness (QED) is 0.645. The van der Waals surface area contributed by atoms with Gasteiger partial charge in [-0.05, 0) is 0 Å². The highest BCUT2D eigenvalue weighted by Gasteiger charge is 2.15. The van der Waals surface area contributed by atoms with Crippen LogP contribution in [0.15, 0.2) is 10.9 Å². The van der Waals surface area contributed by atoms with Crippen molar-refractivity contribution in [3.63, 3.8) is 0 Å². The molecule has 0 unspecified atom stereocenters. The predicted molar refractivity (Wildman–Crippen MR) is 44.9 cm³/mol. The van der Waals surface area contributed by atoms with Crippen LogP contribution < -0.4 is 0 Å². The molecule has 0 amide bonds. The van der Waals surface area contributed by atoms with Crippen LogP contribution in [0.5, 0.6) is 0 Å². The van der Waals surface area contributed by atoms with E-state index in [1.165, 1.54) is 0 Å². The van der Waals surface area contributed by atoms with E-state index in [2.05, 4.69) is 24.0 Å². The van der Waals surface area contributed by atoms with E-state index in [0.29, 0.717) is 11.6 Å². The lowest BCUT2D eigenvalue weighted by molar-refractivity contribution is 0.376. The van der Waals surface area contributed by atoms with Gasteiger partial charge in [0.25, 0.3) is 0 Å². The van der Waals surface area contributed by atoms with Crippen LogP contribution in [0.4, 0.5) is 0 Å². The molecule has 0 aliphatic rings. The molecule has 2 rings (SSSR count). The molecule has 0 aliphatic heterocycles. The van der Waals surface area contributed by atoms with Gasteiger partial charge in [-0.25, -0.2) is 4.98 Å². The summed E-state index contributed by atoms with van der Waals surface area (Å²) in [4.78, 5) is 4.08. The molecule has 0 aromatic carbocycles. The Labute approximate surface area is 70.2 Å². The number of rotatable bonds is 1. The average molecular weight is 165 g/mol. The minimum absolute atomic E-state index is 0.352. The van der Waals surface area contributed by atoms with Crippen molar-refractivity contribution in [3.05, 3.63) is 12.1 Å².